The van der Waals surface area contributed by atoms with Gasteiger partial charge >= 0.3 is 0 Å². The third-order valence-electron chi connectivity index (χ3n) is 3.59. The number of hydrogen-bond donors (Lipinski definition) is 1. The van der Waals surface area contributed by atoms with E-state index in [1.165, 1.54) is 18.2 Å². The van der Waals surface area contributed by atoms with Gasteiger partial charge < -0.3 is 9.84 Å². The third-order valence-corrected chi connectivity index (χ3v) is 3.84. The van der Waals surface area contributed by atoms with Crippen molar-refractivity contribution in [3.05, 3.63) is 76.7 Å². The van der Waals surface area contributed by atoms with E-state index in [0.717, 1.165) is 5.56 Å². The summed E-state index contributed by atoms with van der Waals surface area (Å²) in [7, 11) is 0. The van der Waals surface area contributed by atoms with Gasteiger partial charge in [0.25, 0.3) is 5.91 Å². The quantitative estimate of drug-likeness (QED) is 0.751. The Hall–Kier alpha value is -2.66. The highest BCUT2D eigenvalue weighted by Crippen LogP contribution is 2.21. The SMILES string of the molecule is C[C@H](NC(=O)c1cc(-c2ccc(F)cc2)on1)c1ccc(Cl)cc1. The summed E-state index contributed by atoms with van der Waals surface area (Å²) in [5.41, 5.74) is 1.74. The molecule has 6 heteroatoms. The molecule has 3 aromatic rings. The number of rotatable bonds is 4. The van der Waals surface area contributed by atoms with Crippen molar-refractivity contribution < 1.29 is 13.7 Å². The zero-order valence-electron chi connectivity index (χ0n) is 12.8. The van der Waals surface area contributed by atoms with Crippen LogP contribution in [0.25, 0.3) is 11.3 Å². The number of aromatic nitrogens is 1. The summed E-state index contributed by atoms with van der Waals surface area (Å²) in [6.45, 7) is 1.86. The van der Waals surface area contributed by atoms with E-state index < -0.39 is 0 Å². The first-order chi connectivity index (χ1) is 11.5. The van der Waals surface area contributed by atoms with Gasteiger partial charge in [-0.1, -0.05) is 28.9 Å². The van der Waals surface area contributed by atoms with Gasteiger partial charge in [0, 0.05) is 16.7 Å². The predicted molar refractivity (Wildman–Crippen MR) is 89.2 cm³/mol. The van der Waals surface area contributed by atoms with Crippen LogP contribution in [0.2, 0.25) is 5.02 Å². The lowest BCUT2D eigenvalue weighted by atomic mass is 10.1. The summed E-state index contributed by atoms with van der Waals surface area (Å²) < 4.78 is 18.1. The van der Waals surface area contributed by atoms with Crippen LogP contribution in [0.5, 0.6) is 0 Å². The Balaban J connectivity index is 1.71. The van der Waals surface area contributed by atoms with Crippen LogP contribution in [0, 0.1) is 5.82 Å². The fourth-order valence-electron chi connectivity index (χ4n) is 2.24. The smallest absolute Gasteiger partial charge is 0.273 e. The van der Waals surface area contributed by atoms with Crippen molar-refractivity contribution in [1.82, 2.24) is 10.5 Å². The third kappa shape index (κ3) is 3.63. The largest absolute Gasteiger partial charge is 0.355 e. The average Bonchev–Trinajstić information content (AvgIpc) is 3.06. The topological polar surface area (TPSA) is 55.1 Å². The van der Waals surface area contributed by atoms with Crippen molar-refractivity contribution >= 4 is 17.5 Å². The number of carbonyl (C=O) groups excluding carboxylic acids is 1. The lowest BCUT2D eigenvalue weighted by Crippen LogP contribution is -2.26. The molecule has 1 N–H and O–H groups in total. The van der Waals surface area contributed by atoms with Crippen LogP contribution < -0.4 is 5.32 Å². The molecular weight excluding hydrogens is 331 g/mol. The molecule has 4 nitrogen and oxygen atoms in total. The van der Waals surface area contributed by atoms with Gasteiger partial charge in [0.05, 0.1) is 6.04 Å². The minimum atomic E-state index is -0.352. The van der Waals surface area contributed by atoms with E-state index in [0.29, 0.717) is 16.3 Å². The Morgan fingerprint density at radius 1 is 1.17 bits per heavy atom. The second-order valence-corrected chi connectivity index (χ2v) is 5.77. The molecule has 0 aliphatic heterocycles. The first kappa shape index (κ1) is 16.2. The highest BCUT2D eigenvalue weighted by atomic mass is 35.5. The van der Waals surface area contributed by atoms with Crippen LogP contribution >= 0.6 is 11.6 Å². The Morgan fingerprint density at radius 2 is 1.83 bits per heavy atom. The van der Waals surface area contributed by atoms with Crippen LogP contribution in [-0.4, -0.2) is 11.1 Å². The normalized spacial score (nSPS) is 12.0. The second kappa shape index (κ2) is 6.84. The van der Waals surface area contributed by atoms with Crippen LogP contribution in [0.15, 0.2) is 59.1 Å². The summed E-state index contributed by atoms with van der Waals surface area (Å²) in [4.78, 5) is 12.3. The molecule has 1 heterocycles. The fourth-order valence-corrected chi connectivity index (χ4v) is 2.36. The molecule has 0 spiro atoms. The number of nitrogens with one attached hydrogen (secondary N) is 1. The molecule has 2 aromatic carbocycles. The van der Waals surface area contributed by atoms with Crippen LogP contribution in [-0.2, 0) is 0 Å². The van der Waals surface area contributed by atoms with Crippen LogP contribution in [0.4, 0.5) is 4.39 Å². The van der Waals surface area contributed by atoms with Gasteiger partial charge in [0.2, 0.25) is 0 Å². The Labute approximate surface area is 143 Å². The van der Waals surface area contributed by atoms with Gasteiger partial charge in [0.1, 0.15) is 5.82 Å². The molecular formula is C18H14ClFN2O2. The maximum absolute atomic E-state index is 12.9. The first-order valence-corrected chi connectivity index (χ1v) is 7.70. The molecule has 0 aliphatic rings. The summed E-state index contributed by atoms with van der Waals surface area (Å²) in [5, 5.41) is 7.25. The number of amides is 1. The second-order valence-electron chi connectivity index (χ2n) is 5.33. The van der Waals surface area contributed by atoms with E-state index >= 15 is 0 Å². The fraction of sp³-hybridized carbons (Fsp3) is 0.111. The van der Waals surface area contributed by atoms with Crippen LogP contribution in [0.1, 0.15) is 29.0 Å². The highest BCUT2D eigenvalue weighted by Gasteiger charge is 2.16. The molecule has 0 aliphatic carbocycles. The zero-order valence-corrected chi connectivity index (χ0v) is 13.5. The molecule has 0 fully saturated rings. The van der Waals surface area contributed by atoms with Gasteiger partial charge in [0.15, 0.2) is 11.5 Å². The minimum absolute atomic E-state index is 0.162. The summed E-state index contributed by atoms with van der Waals surface area (Å²) in [6.07, 6.45) is 0. The van der Waals surface area contributed by atoms with Gasteiger partial charge in [-0.3, -0.25) is 4.79 Å². The molecule has 1 amide bonds. The molecule has 1 aromatic heterocycles. The predicted octanol–water partition coefficient (Wildman–Crippen LogP) is 4.63. The van der Waals surface area contributed by atoms with Crippen molar-refractivity contribution in [2.45, 2.75) is 13.0 Å². The highest BCUT2D eigenvalue weighted by molar-refractivity contribution is 6.30. The standard InChI is InChI=1S/C18H14ClFN2O2/c1-11(12-2-6-14(19)7-3-12)21-18(23)16-10-17(24-22-16)13-4-8-15(20)9-5-13/h2-11H,1H3,(H,21,23)/t11-/m0/s1. The van der Waals surface area contributed by atoms with E-state index in [2.05, 4.69) is 10.5 Å². The van der Waals surface area contributed by atoms with Gasteiger partial charge in [-0.25, -0.2) is 4.39 Å². The van der Waals surface area contributed by atoms with Gasteiger partial charge in [-0.15, -0.1) is 0 Å². The number of nitrogens with zero attached hydrogens (tertiary/aromatic N) is 1. The zero-order chi connectivity index (χ0) is 17.1. The van der Waals surface area contributed by atoms with E-state index in [1.54, 1.807) is 24.3 Å². The minimum Gasteiger partial charge on any atom is -0.355 e. The Kier molecular flexibility index (Phi) is 4.62. The molecule has 0 saturated heterocycles. The van der Waals surface area contributed by atoms with Crippen molar-refractivity contribution in [3.8, 4) is 11.3 Å². The molecule has 0 unspecified atom stereocenters. The maximum atomic E-state index is 12.9. The summed E-state index contributed by atoms with van der Waals surface area (Å²) >= 11 is 5.86. The van der Waals surface area contributed by atoms with Crippen LogP contribution in [0.3, 0.4) is 0 Å². The molecule has 1 atom stereocenters. The Morgan fingerprint density at radius 3 is 2.50 bits per heavy atom. The lowest BCUT2D eigenvalue weighted by molar-refractivity contribution is 0.0931. The number of benzene rings is 2. The van der Waals surface area contributed by atoms with E-state index in [1.807, 2.05) is 19.1 Å². The number of hydrogen-bond acceptors (Lipinski definition) is 3. The molecule has 122 valence electrons. The number of halogens is 2. The van der Waals surface area contributed by atoms with Gasteiger partial charge in [-0.05, 0) is 48.9 Å². The maximum Gasteiger partial charge on any atom is 0.273 e. The van der Waals surface area contributed by atoms with Crippen molar-refractivity contribution in [2.75, 3.05) is 0 Å². The monoisotopic (exact) mass is 344 g/mol. The van der Waals surface area contributed by atoms with E-state index in [9.17, 15) is 9.18 Å². The van der Waals surface area contributed by atoms with E-state index in [-0.39, 0.29) is 23.5 Å². The van der Waals surface area contributed by atoms with Crippen molar-refractivity contribution in [1.29, 1.82) is 0 Å². The first-order valence-electron chi connectivity index (χ1n) is 7.32. The molecule has 24 heavy (non-hydrogen) atoms. The van der Waals surface area contributed by atoms with Crippen molar-refractivity contribution in [2.24, 2.45) is 0 Å². The molecule has 3 rings (SSSR count). The molecule has 0 saturated carbocycles. The van der Waals surface area contributed by atoms with E-state index in [4.69, 9.17) is 16.1 Å². The lowest BCUT2D eigenvalue weighted by Gasteiger charge is -2.13. The Bertz CT molecular complexity index is 844. The molecule has 0 radical (unpaired) electrons. The summed E-state index contributed by atoms with van der Waals surface area (Å²) in [6, 6.07) is 14.3. The van der Waals surface area contributed by atoms with Gasteiger partial charge in [-0.2, -0.15) is 0 Å². The molecule has 0 bridgehead atoms. The summed E-state index contributed by atoms with van der Waals surface area (Å²) in [5.74, 6) is -0.290. The number of carbonyl (C=O) groups is 1. The average molecular weight is 345 g/mol. The van der Waals surface area contributed by atoms with Crippen molar-refractivity contribution in [3.63, 3.8) is 0 Å².